The number of rotatable bonds is 2. The standard InChI is InChI=1S/C9H9N3O2S/c1-2-5-7(13)11-6(12-8(5)14)9-10-3-4-15-9/h3-4H,2H2,1H3,(H2,11,12,13,14). The fourth-order valence-electron chi connectivity index (χ4n) is 1.25. The zero-order chi connectivity index (χ0) is 10.8. The highest BCUT2D eigenvalue weighted by Gasteiger charge is 2.10. The Morgan fingerprint density at radius 1 is 1.60 bits per heavy atom. The van der Waals surface area contributed by atoms with Crippen molar-refractivity contribution in [3.8, 4) is 16.7 Å². The molecule has 0 radical (unpaired) electrons. The fraction of sp³-hybridized carbons (Fsp3) is 0.222. The summed E-state index contributed by atoms with van der Waals surface area (Å²) in [5.74, 6) is 0.0937. The molecule has 0 aliphatic carbocycles. The zero-order valence-corrected chi connectivity index (χ0v) is 8.84. The third-order valence-electron chi connectivity index (χ3n) is 1.98. The van der Waals surface area contributed by atoms with Crippen molar-refractivity contribution >= 4 is 11.3 Å². The quantitative estimate of drug-likeness (QED) is 0.800. The molecule has 0 aromatic carbocycles. The molecule has 78 valence electrons. The Morgan fingerprint density at radius 3 is 2.93 bits per heavy atom. The lowest BCUT2D eigenvalue weighted by Crippen LogP contribution is -2.14. The molecule has 5 nitrogen and oxygen atoms in total. The van der Waals surface area contributed by atoms with Gasteiger partial charge in [-0.05, 0) is 6.42 Å². The van der Waals surface area contributed by atoms with Crippen LogP contribution in [0.15, 0.2) is 16.4 Å². The van der Waals surface area contributed by atoms with E-state index >= 15 is 0 Å². The van der Waals surface area contributed by atoms with Gasteiger partial charge in [0.05, 0.1) is 5.56 Å². The van der Waals surface area contributed by atoms with Gasteiger partial charge in [0.1, 0.15) is 0 Å². The van der Waals surface area contributed by atoms with Crippen molar-refractivity contribution in [1.82, 2.24) is 15.0 Å². The van der Waals surface area contributed by atoms with E-state index in [1.165, 1.54) is 11.3 Å². The van der Waals surface area contributed by atoms with Crippen molar-refractivity contribution in [2.45, 2.75) is 13.3 Å². The van der Waals surface area contributed by atoms with Gasteiger partial charge in [-0.15, -0.1) is 11.3 Å². The molecule has 2 aromatic heterocycles. The molecule has 0 amide bonds. The number of thiazole rings is 1. The molecule has 6 heteroatoms. The number of aromatic hydroxyl groups is 1. The van der Waals surface area contributed by atoms with Crippen LogP contribution in [-0.2, 0) is 6.42 Å². The maximum absolute atomic E-state index is 11.5. The van der Waals surface area contributed by atoms with Gasteiger partial charge in [0.25, 0.3) is 5.56 Å². The van der Waals surface area contributed by atoms with E-state index in [0.29, 0.717) is 22.8 Å². The van der Waals surface area contributed by atoms with Gasteiger partial charge in [-0.3, -0.25) is 4.79 Å². The van der Waals surface area contributed by atoms with Crippen LogP contribution in [0.5, 0.6) is 5.88 Å². The SMILES string of the molecule is CCc1c(O)nc(-c2nccs2)[nH]c1=O. The van der Waals surface area contributed by atoms with Crippen molar-refractivity contribution in [1.29, 1.82) is 0 Å². The van der Waals surface area contributed by atoms with Crippen LogP contribution in [0.25, 0.3) is 10.8 Å². The van der Waals surface area contributed by atoms with Crippen LogP contribution in [0.3, 0.4) is 0 Å². The van der Waals surface area contributed by atoms with Gasteiger partial charge in [0.2, 0.25) is 5.88 Å². The summed E-state index contributed by atoms with van der Waals surface area (Å²) in [4.78, 5) is 22.0. The summed E-state index contributed by atoms with van der Waals surface area (Å²) in [5, 5.41) is 11.9. The molecule has 0 atom stereocenters. The smallest absolute Gasteiger partial charge is 0.258 e. The van der Waals surface area contributed by atoms with E-state index in [1.54, 1.807) is 18.5 Å². The van der Waals surface area contributed by atoms with Gasteiger partial charge in [-0.25, -0.2) is 4.98 Å². The molecule has 0 aliphatic rings. The van der Waals surface area contributed by atoms with Crippen molar-refractivity contribution in [2.24, 2.45) is 0 Å². The molecule has 0 fully saturated rings. The number of aromatic nitrogens is 3. The maximum atomic E-state index is 11.5. The monoisotopic (exact) mass is 223 g/mol. The highest BCUT2D eigenvalue weighted by atomic mass is 32.1. The fourth-order valence-corrected chi connectivity index (χ4v) is 1.83. The van der Waals surface area contributed by atoms with E-state index in [4.69, 9.17) is 0 Å². The van der Waals surface area contributed by atoms with Crippen LogP contribution in [0.4, 0.5) is 0 Å². The molecule has 15 heavy (non-hydrogen) atoms. The summed E-state index contributed by atoms with van der Waals surface area (Å²) in [6.07, 6.45) is 2.07. The molecule has 0 spiro atoms. The van der Waals surface area contributed by atoms with Crippen molar-refractivity contribution < 1.29 is 5.11 Å². The van der Waals surface area contributed by atoms with Crippen LogP contribution in [-0.4, -0.2) is 20.1 Å². The molecular formula is C9H9N3O2S. The first-order valence-corrected chi connectivity index (χ1v) is 5.32. The molecule has 2 rings (SSSR count). The van der Waals surface area contributed by atoms with Crippen molar-refractivity contribution in [2.75, 3.05) is 0 Å². The number of hydrogen-bond acceptors (Lipinski definition) is 5. The Hall–Kier alpha value is -1.69. The lowest BCUT2D eigenvalue weighted by atomic mass is 10.2. The minimum Gasteiger partial charge on any atom is -0.493 e. The van der Waals surface area contributed by atoms with E-state index in [-0.39, 0.29) is 11.4 Å². The highest BCUT2D eigenvalue weighted by Crippen LogP contribution is 2.19. The Balaban J connectivity index is 2.58. The average molecular weight is 223 g/mol. The van der Waals surface area contributed by atoms with Gasteiger partial charge in [0.15, 0.2) is 10.8 Å². The van der Waals surface area contributed by atoms with Crippen LogP contribution in [0.1, 0.15) is 12.5 Å². The number of hydrogen-bond donors (Lipinski definition) is 2. The van der Waals surface area contributed by atoms with E-state index in [0.717, 1.165) is 0 Å². The maximum Gasteiger partial charge on any atom is 0.258 e. The van der Waals surface area contributed by atoms with Crippen molar-refractivity contribution in [3.05, 3.63) is 27.5 Å². The first-order chi connectivity index (χ1) is 7.22. The summed E-state index contributed by atoms with van der Waals surface area (Å²) >= 11 is 1.35. The second kappa shape index (κ2) is 3.82. The first-order valence-electron chi connectivity index (χ1n) is 4.44. The molecule has 0 aliphatic heterocycles. The Morgan fingerprint density at radius 2 is 2.40 bits per heavy atom. The molecule has 2 heterocycles. The normalized spacial score (nSPS) is 10.5. The van der Waals surface area contributed by atoms with Gasteiger partial charge in [0, 0.05) is 11.6 Å². The minimum absolute atomic E-state index is 0.216. The van der Waals surface area contributed by atoms with E-state index in [1.807, 2.05) is 0 Å². The number of aromatic amines is 1. The minimum atomic E-state index is -0.310. The average Bonchev–Trinajstić information content (AvgIpc) is 2.69. The largest absolute Gasteiger partial charge is 0.493 e. The highest BCUT2D eigenvalue weighted by molar-refractivity contribution is 7.12. The number of nitrogens with one attached hydrogen (secondary N) is 1. The Kier molecular flexibility index (Phi) is 2.51. The van der Waals surface area contributed by atoms with Crippen LogP contribution >= 0.6 is 11.3 Å². The Bertz CT molecular complexity index is 519. The van der Waals surface area contributed by atoms with E-state index in [9.17, 15) is 9.90 Å². The molecule has 0 saturated carbocycles. The first kappa shape index (κ1) is 9.85. The van der Waals surface area contributed by atoms with Crippen LogP contribution in [0.2, 0.25) is 0 Å². The lowest BCUT2D eigenvalue weighted by molar-refractivity contribution is 0.444. The third-order valence-corrected chi connectivity index (χ3v) is 2.76. The molecule has 2 N–H and O–H groups in total. The molecule has 0 bridgehead atoms. The summed E-state index contributed by atoms with van der Waals surface area (Å²) in [6.45, 7) is 1.79. The molecule has 0 saturated heterocycles. The van der Waals surface area contributed by atoms with E-state index < -0.39 is 0 Å². The van der Waals surface area contributed by atoms with Crippen molar-refractivity contribution in [3.63, 3.8) is 0 Å². The molecule has 0 unspecified atom stereocenters. The summed E-state index contributed by atoms with van der Waals surface area (Å²) in [6, 6.07) is 0. The number of H-pyrrole nitrogens is 1. The third kappa shape index (κ3) is 1.75. The second-order valence-electron chi connectivity index (χ2n) is 2.91. The van der Waals surface area contributed by atoms with Crippen LogP contribution < -0.4 is 5.56 Å². The Labute approximate surface area is 89.5 Å². The summed E-state index contributed by atoms with van der Waals surface area (Å²) in [7, 11) is 0. The topological polar surface area (TPSA) is 78.9 Å². The lowest BCUT2D eigenvalue weighted by Gasteiger charge is -2.01. The van der Waals surface area contributed by atoms with Crippen LogP contribution in [0, 0.1) is 0 Å². The predicted octanol–water partition coefficient (Wildman–Crippen LogP) is 1.16. The molecular weight excluding hydrogens is 214 g/mol. The zero-order valence-electron chi connectivity index (χ0n) is 8.02. The molecule has 2 aromatic rings. The summed E-state index contributed by atoms with van der Waals surface area (Å²) < 4.78 is 0. The van der Waals surface area contributed by atoms with E-state index in [2.05, 4.69) is 15.0 Å². The van der Waals surface area contributed by atoms with Gasteiger partial charge >= 0.3 is 0 Å². The number of nitrogens with zero attached hydrogens (tertiary/aromatic N) is 2. The predicted molar refractivity (Wildman–Crippen MR) is 57.0 cm³/mol. The van der Waals surface area contributed by atoms with Gasteiger partial charge < -0.3 is 10.1 Å². The van der Waals surface area contributed by atoms with Gasteiger partial charge in [-0.1, -0.05) is 6.92 Å². The summed E-state index contributed by atoms with van der Waals surface area (Å²) in [5.41, 5.74) is -0.00879. The van der Waals surface area contributed by atoms with Gasteiger partial charge in [-0.2, -0.15) is 4.98 Å². The second-order valence-corrected chi connectivity index (χ2v) is 3.80.